The molecule has 5 heteroatoms. The molecule has 0 radical (unpaired) electrons. The standard InChI is InChI=1S/C11H16N4S/c1-6-10(7(2)15(4)14-6)11-8(3)16-9(5-12)13-11/h5,12H2,1-4H3. The fourth-order valence-electron chi connectivity index (χ4n) is 1.89. The van der Waals surface area contributed by atoms with Gasteiger partial charge in [0.1, 0.15) is 5.01 Å². The third kappa shape index (κ3) is 1.66. The normalized spacial score (nSPS) is 11.1. The van der Waals surface area contributed by atoms with Gasteiger partial charge in [-0.2, -0.15) is 5.10 Å². The summed E-state index contributed by atoms with van der Waals surface area (Å²) in [6.45, 7) is 6.67. The van der Waals surface area contributed by atoms with E-state index in [2.05, 4.69) is 23.9 Å². The van der Waals surface area contributed by atoms with E-state index in [4.69, 9.17) is 5.73 Å². The Hall–Kier alpha value is -1.20. The summed E-state index contributed by atoms with van der Waals surface area (Å²) in [5.41, 5.74) is 9.98. The molecule has 16 heavy (non-hydrogen) atoms. The number of thiazole rings is 1. The second kappa shape index (κ2) is 3.99. The summed E-state index contributed by atoms with van der Waals surface area (Å²) in [5, 5.41) is 5.39. The summed E-state index contributed by atoms with van der Waals surface area (Å²) in [6, 6.07) is 0. The zero-order valence-electron chi connectivity index (χ0n) is 10.0. The first-order chi connectivity index (χ1) is 7.54. The Balaban J connectivity index is 2.62. The molecule has 86 valence electrons. The van der Waals surface area contributed by atoms with Crippen molar-refractivity contribution in [3.63, 3.8) is 0 Å². The van der Waals surface area contributed by atoms with E-state index in [0.717, 1.165) is 27.7 Å². The van der Waals surface area contributed by atoms with Crippen LogP contribution in [0.25, 0.3) is 11.3 Å². The maximum absolute atomic E-state index is 5.62. The van der Waals surface area contributed by atoms with Gasteiger partial charge in [-0.25, -0.2) is 4.98 Å². The first-order valence-electron chi connectivity index (χ1n) is 5.21. The molecule has 0 atom stereocenters. The van der Waals surface area contributed by atoms with Gasteiger partial charge in [0.2, 0.25) is 0 Å². The van der Waals surface area contributed by atoms with Gasteiger partial charge in [-0.1, -0.05) is 0 Å². The largest absolute Gasteiger partial charge is 0.325 e. The number of aryl methyl sites for hydroxylation is 3. The molecule has 0 spiro atoms. The predicted molar refractivity (Wildman–Crippen MR) is 66.4 cm³/mol. The van der Waals surface area contributed by atoms with E-state index < -0.39 is 0 Å². The topological polar surface area (TPSA) is 56.7 Å². The van der Waals surface area contributed by atoms with Crippen molar-refractivity contribution in [3.8, 4) is 11.3 Å². The van der Waals surface area contributed by atoms with E-state index >= 15 is 0 Å². The van der Waals surface area contributed by atoms with Gasteiger partial charge in [-0.05, 0) is 20.8 Å². The lowest BCUT2D eigenvalue weighted by atomic mass is 10.1. The average molecular weight is 236 g/mol. The highest BCUT2D eigenvalue weighted by Gasteiger charge is 2.17. The summed E-state index contributed by atoms with van der Waals surface area (Å²) in [7, 11) is 1.96. The van der Waals surface area contributed by atoms with E-state index in [-0.39, 0.29) is 0 Å². The summed E-state index contributed by atoms with van der Waals surface area (Å²) < 4.78 is 1.89. The zero-order valence-corrected chi connectivity index (χ0v) is 10.9. The van der Waals surface area contributed by atoms with Crippen molar-refractivity contribution >= 4 is 11.3 Å². The lowest BCUT2D eigenvalue weighted by molar-refractivity contribution is 0.731. The van der Waals surface area contributed by atoms with E-state index in [0.29, 0.717) is 6.54 Å². The van der Waals surface area contributed by atoms with E-state index in [9.17, 15) is 0 Å². The van der Waals surface area contributed by atoms with Crippen molar-refractivity contribution in [2.75, 3.05) is 0 Å². The number of rotatable bonds is 2. The fourth-order valence-corrected chi connectivity index (χ4v) is 2.70. The summed E-state index contributed by atoms with van der Waals surface area (Å²) >= 11 is 1.66. The zero-order chi connectivity index (χ0) is 11.9. The highest BCUT2D eigenvalue weighted by molar-refractivity contribution is 7.12. The first-order valence-corrected chi connectivity index (χ1v) is 6.03. The van der Waals surface area contributed by atoms with E-state index in [1.165, 1.54) is 4.88 Å². The maximum Gasteiger partial charge on any atom is 0.107 e. The molecule has 0 fully saturated rings. The van der Waals surface area contributed by atoms with Crippen molar-refractivity contribution < 1.29 is 0 Å². The van der Waals surface area contributed by atoms with Crippen molar-refractivity contribution in [1.82, 2.24) is 14.8 Å². The number of nitrogens with zero attached hydrogens (tertiary/aromatic N) is 3. The van der Waals surface area contributed by atoms with Crippen molar-refractivity contribution in [1.29, 1.82) is 0 Å². The van der Waals surface area contributed by atoms with Crippen LogP contribution in [-0.2, 0) is 13.6 Å². The Bertz CT molecular complexity index is 524. The van der Waals surface area contributed by atoms with Crippen LogP contribution in [0.2, 0.25) is 0 Å². The minimum atomic E-state index is 0.504. The molecule has 0 saturated carbocycles. The number of hydrogen-bond donors (Lipinski definition) is 1. The predicted octanol–water partition coefficient (Wildman–Crippen LogP) is 1.93. The second-order valence-electron chi connectivity index (χ2n) is 3.89. The highest BCUT2D eigenvalue weighted by atomic mass is 32.1. The molecule has 0 aliphatic carbocycles. The Labute approximate surface area is 99.1 Å². The van der Waals surface area contributed by atoms with Crippen molar-refractivity contribution in [3.05, 3.63) is 21.3 Å². The van der Waals surface area contributed by atoms with Crippen LogP contribution in [0, 0.1) is 20.8 Å². The third-order valence-electron chi connectivity index (χ3n) is 2.76. The monoisotopic (exact) mass is 236 g/mol. The van der Waals surface area contributed by atoms with Gasteiger partial charge in [0, 0.05) is 29.7 Å². The van der Waals surface area contributed by atoms with Gasteiger partial charge in [0.05, 0.1) is 11.4 Å². The van der Waals surface area contributed by atoms with Crippen LogP contribution < -0.4 is 5.73 Å². The SMILES string of the molecule is Cc1nn(C)c(C)c1-c1nc(CN)sc1C. The molecule has 0 amide bonds. The Kier molecular flexibility index (Phi) is 2.82. The second-order valence-corrected chi connectivity index (χ2v) is 5.17. The molecule has 4 nitrogen and oxygen atoms in total. The molecule has 2 heterocycles. The van der Waals surface area contributed by atoms with Crippen LogP contribution in [0.5, 0.6) is 0 Å². The summed E-state index contributed by atoms with van der Waals surface area (Å²) in [4.78, 5) is 5.78. The minimum Gasteiger partial charge on any atom is -0.325 e. The summed E-state index contributed by atoms with van der Waals surface area (Å²) in [5.74, 6) is 0. The van der Waals surface area contributed by atoms with Crippen LogP contribution in [0.15, 0.2) is 0 Å². The van der Waals surface area contributed by atoms with Gasteiger partial charge in [-0.3, -0.25) is 4.68 Å². The van der Waals surface area contributed by atoms with E-state index in [1.54, 1.807) is 11.3 Å². The van der Waals surface area contributed by atoms with Crippen LogP contribution in [0.1, 0.15) is 21.3 Å². The van der Waals surface area contributed by atoms with Gasteiger partial charge < -0.3 is 5.73 Å². The minimum absolute atomic E-state index is 0.504. The van der Waals surface area contributed by atoms with Gasteiger partial charge in [0.25, 0.3) is 0 Å². The van der Waals surface area contributed by atoms with Crippen LogP contribution in [0.3, 0.4) is 0 Å². The number of aromatic nitrogens is 3. The smallest absolute Gasteiger partial charge is 0.107 e. The lowest BCUT2D eigenvalue weighted by Gasteiger charge is -1.99. The highest BCUT2D eigenvalue weighted by Crippen LogP contribution is 2.31. The molecule has 2 aromatic heterocycles. The molecular formula is C11H16N4S. The maximum atomic E-state index is 5.62. The van der Waals surface area contributed by atoms with E-state index in [1.807, 2.05) is 18.7 Å². The van der Waals surface area contributed by atoms with Crippen LogP contribution in [0.4, 0.5) is 0 Å². The van der Waals surface area contributed by atoms with Crippen LogP contribution in [-0.4, -0.2) is 14.8 Å². The van der Waals surface area contributed by atoms with Gasteiger partial charge in [0.15, 0.2) is 0 Å². The molecule has 0 aliphatic heterocycles. The average Bonchev–Trinajstić information content (AvgIpc) is 2.70. The van der Waals surface area contributed by atoms with Crippen molar-refractivity contribution in [2.45, 2.75) is 27.3 Å². The summed E-state index contributed by atoms with van der Waals surface area (Å²) in [6.07, 6.45) is 0. The Morgan fingerprint density at radius 2 is 2.00 bits per heavy atom. The lowest BCUT2D eigenvalue weighted by Crippen LogP contribution is -1.95. The molecule has 2 rings (SSSR count). The third-order valence-corrected chi connectivity index (χ3v) is 3.75. The Morgan fingerprint density at radius 3 is 2.44 bits per heavy atom. The number of hydrogen-bond acceptors (Lipinski definition) is 4. The van der Waals surface area contributed by atoms with Gasteiger partial charge >= 0.3 is 0 Å². The van der Waals surface area contributed by atoms with Gasteiger partial charge in [-0.15, -0.1) is 11.3 Å². The molecule has 2 aromatic rings. The molecule has 2 N–H and O–H groups in total. The van der Waals surface area contributed by atoms with Crippen molar-refractivity contribution in [2.24, 2.45) is 12.8 Å². The molecule has 0 bridgehead atoms. The number of nitrogens with two attached hydrogens (primary N) is 1. The molecule has 0 unspecified atom stereocenters. The molecule has 0 aromatic carbocycles. The molecule has 0 aliphatic rings. The quantitative estimate of drug-likeness (QED) is 0.866. The van der Waals surface area contributed by atoms with Crippen LogP contribution >= 0.6 is 11.3 Å². The molecule has 0 saturated heterocycles. The fraction of sp³-hybridized carbons (Fsp3) is 0.455. The Morgan fingerprint density at radius 1 is 1.31 bits per heavy atom. The first kappa shape index (κ1) is 11.3. The molecular weight excluding hydrogens is 220 g/mol.